The first kappa shape index (κ1) is 20.7. The van der Waals surface area contributed by atoms with Gasteiger partial charge in [-0.3, -0.25) is 9.10 Å². The van der Waals surface area contributed by atoms with Crippen molar-refractivity contribution in [2.45, 2.75) is 39.0 Å². The summed E-state index contributed by atoms with van der Waals surface area (Å²) in [4.78, 5) is 17.7. The summed E-state index contributed by atoms with van der Waals surface area (Å²) < 4.78 is 25.9. The fourth-order valence-corrected chi connectivity index (χ4v) is 6.47. The zero-order valence-electron chi connectivity index (χ0n) is 17.4. The number of hydrogen-bond acceptors (Lipinski definition) is 4. The Hall–Kier alpha value is -1.60. The maximum Gasteiger partial charge on any atom is 0.253 e. The minimum atomic E-state index is -3.23. The summed E-state index contributed by atoms with van der Waals surface area (Å²) in [6, 6.07) is 7.15. The van der Waals surface area contributed by atoms with Crippen LogP contribution in [-0.4, -0.2) is 69.1 Å². The molecule has 7 heteroatoms. The van der Waals surface area contributed by atoms with Crippen molar-refractivity contribution < 1.29 is 13.2 Å². The van der Waals surface area contributed by atoms with Crippen LogP contribution in [0.3, 0.4) is 0 Å². The Morgan fingerprint density at radius 2 is 1.86 bits per heavy atom. The molecule has 3 fully saturated rings. The summed E-state index contributed by atoms with van der Waals surface area (Å²) in [7, 11) is -3.23. The third-order valence-electron chi connectivity index (χ3n) is 6.68. The molecule has 1 aromatic carbocycles. The lowest BCUT2D eigenvalue weighted by molar-refractivity contribution is 0.0622. The standard InChI is InChI=1S/C22H33N3O3S/c1-18-8-12-23(13-9-18)16-19-5-3-10-24(17-19)22(26)20-6-2-7-21(15-20)25-11-4-14-29(25,27)28/h2,6-7,15,18-19H,3-5,8-14,16-17H2,1H3. The quantitative estimate of drug-likeness (QED) is 0.753. The van der Waals surface area contributed by atoms with Crippen LogP contribution < -0.4 is 4.31 Å². The Kier molecular flexibility index (Phi) is 6.16. The van der Waals surface area contributed by atoms with Crippen molar-refractivity contribution in [2.75, 3.05) is 49.3 Å². The van der Waals surface area contributed by atoms with Crippen LogP contribution in [0.4, 0.5) is 5.69 Å². The number of sulfonamides is 1. The number of rotatable bonds is 4. The van der Waals surface area contributed by atoms with Gasteiger partial charge in [0.15, 0.2) is 0 Å². The van der Waals surface area contributed by atoms with Crippen LogP contribution in [0.1, 0.15) is 49.4 Å². The highest BCUT2D eigenvalue weighted by molar-refractivity contribution is 7.93. The summed E-state index contributed by atoms with van der Waals surface area (Å²) in [6.07, 6.45) is 5.43. The first-order valence-corrected chi connectivity index (χ1v) is 12.7. The highest BCUT2D eigenvalue weighted by atomic mass is 32.2. The van der Waals surface area contributed by atoms with E-state index in [1.807, 2.05) is 11.0 Å². The molecule has 29 heavy (non-hydrogen) atoms. The molecule has 0 aromatic heterocycles. The van der Waals surface area contributed by atoms with Crippen LogP contribution in [0.2, 0.25) is 0 Å². The van der Waals surface area contributed by atoms with Crippen molar-refractivity contribution in [1.82, 2.24) is 9.80 Å². The number of anilines is 1. The highest BCUT2D eigenvalue weighted by Gasteiger charge is 2.30. The van der Waals surface area contributed by atoms with E-state index in [0.29, 0.717) is 30.1 Å². The predicted molar refractivity (Wildman–Crippen MR) is 116 cm³/mol. The van der Waals surface area contributed by atoms with Gasteiger partial charge in [0.1, 0.15) is 0 Å². The van der Waals surface area contributed by atoms with Gasteiger partial charge in [-0.1, -0.05) is 13.0 Å². The van der Waals surface area contributed by atoms with E-state index in [2.05, 4.69) is 11.8 Å². The first-order valence-electron chi connectivity index (χ1n) is 11.0. The van der Waals surface area contributed by atoms with Gasteiger partial charge in [-0.25, -0.2) is 8.42 Å². The molecule has 3 aliphatic rings. The monoisotopic (exact) mass is 419 g/mol. The maximum atomic E-state index is 13.2. The molecule has 0 saturated carbocycles. The number of hydrogen-bond donors (Lipinski definition) is 0. The molecule has 1 unspecified atom stereocenters. The second-order valence-electron chi connectivity index (χ2n) is 9.03. The lowest BCUT2D eigenvalue weighted by Crippen LogP contribution is -2.45. The van der Waals surface area contributed by atoms with Crippen molar-refractivity contribution in [3.63, 3.8) is 0 Å². The second kappa shape index (κ2) is 8.64. The van der Waals surface area contributed by atoms with E-state index in [1.165, 1.54) is 36.7 Å². The lowest BCUT2D eigenvalue weighted by Gasteiger charge is -2.38. The number of piperidine rings is 2. The molecule has 0 bridgehead atoms. The Morgan fingerprint density at radius 3 is 2.59 bits per heavy atom. The van der Waals surface area contributed by atoms with E-state index in [4.69, 9.17) is 0 Å². The molecular formula is C22H33N3O3S. The fraction of sp³-hybridized carbons (Fsp3) is 0.682. The topological polar surface area (TPSA) is 60.9 Å². The molecule has 0 spiro atoms. The normalized spacial score (nSPS) is 26.0. The van der Waals surface area contributed by atoms with Gasteiger partial charge in [0, 0.05) is 31.7 Å². The molecule has 6 nitrogen and oxygen atoms in total. The Labute approximate surface area is 174 Å². The molecule has 1 aromatic rings. The first-order chi connectivity index (χ1) is 13.9. The summed E-state index contributed by atoms with van der Waals surface area (Å²) in [6.45, 7) is 7.87. The molecule has 0 N–H and O–H groups in total. The number of benzene rings is 1. The number of nitrogens with zero attached hydrogens (tertiary/aromatic N) is 3. The van der Waals surface area contributed by atoms with Crippen LogP contribution in [0.5, 0.6) is 0 Å². The Morgan fingerprint density at radius 1 is 1.07 bits per heavy atom. The van der Waals surface area contributed by atoms with Gasteiger partial charge in [0.2, 0.25) is 10.0 Å². The zero-order chi connectivity index (χ0) is 20.4. The number of amides is 1. The fourth-order valence-electron chi connectivity index (χ4n) is 4.91. The summed E-state index contributed by atoms with van der Waals surface area (Å²) in [5.74, 6) is 1.58. The molecule has 3 heterocycles. The zero-order valence-corrected chi connectivity index (χ0v) is 18.2. The summed E-state index contributed by atoms with van der Waals surface area (Å²) in [5, 5.41) is 0. The minimum absolute atomic E-state index is 0.0282. The van der Waals surface area contributed by atoms with Gasteiger partial charge in [0.05, 0.1) is 11.4 Å². The van der Waals surface area contributed by atoms with E-state index in [1.54, 1.807) is 18.2 Å². The molecule has 160 valence electrons. The van der Waals surface area contributed by atoms with E-state index in [9.17, 15) is 13.2 Å². The second-order valence-corrected chi connectivity index (χ2v) is 11.0. The average molecular weight is 420 g/mol. The van der Waals surface area contributed by atoms with Gasteiger partial charge < -0.3 is 9.80 Å². The van der Waals surface area contributed by atoms with Gasteiger partial charge in [0.25, 0.3) is 5.91 Å². The lowest BCUT2D eigenvalue weighted by atomic mass is 9.94. The van der Waals surface area contributed by atoms with Gasteiger partial charge in [-0.2, -0.15) is 0 Å². The van der Waals surface area contributed by atoms with Crippen LogP contribution >= 0.6 is 0 Å². The molecular weight excluding hydrogens is 386 g/mol. The van der Waals surface area contributed by atoms with Crippen molar-refractivity contribution in [3.8, 4) is 0 Å². The van der Waals surface area contributed by atoms with Crippen molar-refractivity contribution in [1.29, 1.82) is 0 Å². The average Bonchev–Trinajstić information content (AvgIpc) is 3.08. The molecule has 3 aliphatic heterocycles. The summed E-state index contributed by atoms with van der Waals surface area (Å²) in [5.41, 5.74) is 1.21. The maximum absolute atomic E-state index is 13.2. The van der Waals surface area contributed by atoms with Crippen LogP contribution in [0.15, 0.2) is 24.3 Å². The molecule has 1 amide bonds. The van der Waals surface area contributed by atoms with Crippen molar-refractivity contribution in [3.05, 3.63) is 29.8 Å². The predicted octanol–water partition coefficient (Wildman–Crippen LogP) is 2.81. The smallest absolute Gasteiger partial charge is 0.253 e. The van der Waals surface area contributed by atoms with Crippen molar-refractivity contribution >= 4 is 21.6 Å². The minimum Gasteiger partial charge on any atom is -0.338 e. The number of carbonyl (C=O) groups is 1. The molecule has 4 rings (SSSR count). The molecule has 1 atom stereocenters. The Bertz CT molecular complexity index is 833. The van der Waals surface area contributed by atoms with Crippen molar-refractivity contribution in [2.24, 2.45) is 11.8 Å². The van der Waals surface area contributed by atoms with Gasteiger partial charge in [-0.15, -0.1) is 0 Å². The van der Waals surface area contributed by atoms with E-state index >= 15 is 0 Å². The largest absolute Gasteiger partial charge is 0.338 e. The summed E-state index contributed by atoms with van der Waals surface area (Å²) >= 11 is 0. The van der Waals surface area contributed by atoms with E-state index in [-0.39, 0.29) is 11.7 Å². The van der Waals surface area contributed by atoms with Crippen LogP contribution in [-0.2, 0) is 10.0 Å². The third-order valence-corrected chi connectivity index (χ3v) is 8.55. The van der Waals surface area contributed by atoms with E-state index in [0.717, 1.165) is 32.0 Å². The highest BCUT2D eigenvalue weighted by Crippen LogP contribution is 2.27. The van der Waals surface area contributed by atoms with Gasteiger partial charge >= 0.3 is 0 Å². The van der Waals surface area contributed by atoms with Gasteiger partial charge in [-0.05, 0) is 75.2 Å². The number of carbonyl (C=O) groups excluding carboxylic acids is 1. The molecule has 0 radical (unpaired) electrons. The molecule has 3 saturated heterocycles. The third kappa shape index (κ3) is 4.77. The van der Waals surface area contributed by atoms with Crippen LogP contribution in [0.25, 0.3) is 0 Å². The molecule has 0 aliphatic carbocycles. The van der Waals surface area contributed by atoms with Crippen LogP contribution in [0, 0.1) is 11.8 Å². The van der Waals surface area contributed by atoms with E-state index < -0.39 is 10.0 Å². The Balaban J connectivity index is 1.40. The number of likely N-dealkylation sites (tertiary alicyclic amines) is 2. The SMILES string of the molecule is CC1CCN(CC2CCCN(C(=O)c3cccc(N4CCCS4(=O)=O)c3)C2)CC1.